The topological polar surface area (TPSA) is 34.4 Å². The van der Waals surface area contributed by atoms with Crippen LogP contribution in [0.4, 0.5) is 0 Å². The summed E-state index contributed by atoms with van der Waals surface area (Å²) in [6.07, 6.45) is 3.61. The van der Waals surface area contributed by atoms with Crippen LogP contribution in [0.5, 0.6) is 0 Å². The highest BCUT2D eigenvalue weighted by atomic mass is 16.5. The lowest BCUT2D eigenvalue weighted by Crippen LogP contribution is -2.21. The summed E-state index contributed by atoms with van der Waals surface area (Å²) in [5.41, 5.74) is 0. The number of furan rings is 1. The third kappa shape index (κ3) is 6.49. The zero-order valence-electron chi connectivity index (χ0n) is 11.3. The third-order valence-electron chi connectivity index (χ3n) is 2.54. The van der Waals surface area contributed by atoms with Gasteiger partial charge in [0.15, 0.2) is 0 Å². The second-order valence-corrected chi connectivity index (χ2v) is 4.66. The minimum absolute atomic E-state index is 0.480. The van der Waals surface area contributed by atoms with Gasteiger partial charge >= 0.3 is 0 Å². The highest BCUT2D eigenvalue weighted by Gasteiger charge is 2.02. The van der Waals surface area contributed by atoms with Gasteiger partial charge in [0.2, 0.25) is 0 Å². The van der Waals surface area contributed by atoms with Crippen molar-refractivity contribution in [2.75, 3.05) is 6.61 Å². The van der Waals surface area contributed by atoms with Crippen molar-refractivity contribution in [3.63, 3.8) is 0 Å². The van der Waals surface area contributed by atoms with Crippen molar-refractivity contribution in [1.82, 2.24) is 5.32 Å². The average Bonchev–Trinajstić information content (AvgIpc) is 2.74. The Morgan fingerprint density at radius 1 is 1.24 bits per heavy atom. The molecule has 0 aromatic carbocycles. The van der Waals surface area contributed by atoms with E-state index in [1.54, 1.807) is 0 Å². The van der Waals surface area contributed by atoms with E-state index in [1.807, 2.05) is 12.1 Å². The van der Waals surface area contributed by atoms with E-state index in [1.165, 1.54) is 12.8 Å². The normalized spacial score (nSPS) is 11.3. The minimum atomic E-state index is 0.480. The van der Waals surface area contributed by atoms with Gasteiger partial charge in [0.05, 0.1) is 6.54 Å². The Bertz CT molecular complexity index is 294. The smallest absolute Gasteiger partial charge is 0.129 e. The lowest BCUT2D eigenvalue weighted by Gasteiger charge is -2.05. The highest BCUT2D eigenvalue weighted by Crippen LogP contribution is 2.09. The molecule has 0 bridgehead atoms. The Morgan fingerprint density at radius 2 is 2.00 bits per heavy atom. The van der Waals surface area contributed by atoms with Crippen molar-refractivity contribution < 1.29 is 9.15 Å². The van der Waals surface area contributed by atoms with Crippen LogP contribution in [0, 0.1) is 0 Å². The fourth-order valence-electron chi connectivity index (χ4n) is 1.53. The first-order chi connectivity index (χ1) is 8.22. The molecule has 0 unspecified atom stereocenters. The number of hydrogen-bond acceptors (Lipinski definition) is 3. The molecule has 0 radical (unpaired) electrons. The molecule has 17 heavy (non-hydrogen) atoms. The van der Waals surface area contributed by atoms with Crippen molar-refractivity contribution >= 4 is 0 Å². The van der Waals surface area contributed by atoms with E-state index >= 15 is 0 Å². The van der Waals surface area contributed by atoms with E-state index in [2.05, 4.69) is 26.1 Å². The van der Waals surface area contributed by atoms with E-state index in [4.69, 9.17) is 9.15 Å². The number of unbranched alkanes of at least 4 members (excludes halogenated alkanes) is 2. The summed E-state index contributed by atoms with van der Waals surface area (Å²) >= 11 is 0. The number of nitrogens with one attached hydrogen (secondary N) is 1. The van der Waals surface area contributed by atoms with Crippen molar-refractivity contribution in [2.45, 2.75) is 59.2 Å². The van der Waals surface area contributed by atoms with Gasteiger partial charge < -0.3 is 14.5 Å². The first-order valence-corrected chi connectivity index (χ1v) is 6.61. The first kappa shape index (κ1) is 14.3. The molecule has 0 fully saturated rings. The van der Waals surface area contributed by atoms with Crippen molar-refractivity contribution in [3.05, 3.63) is 23.7 Å². The first-order valence-electron chi connectivity index (χ1n) is 6.61. The van der Waals surface area contributed by atoms with Gasteiger partial charge in [-0.25, -0.2) is 0 Å². The molecule has 3 heteroatoms. The van der Waals surface area contributed by atoms with Crippen LogP contribution in [-0.2, 0) is 17.9 Å². The molecular formula is C14H25NO2. The zero-order valence-corrected chi connectivity index (χ0v) is 11.3. The fraction of sp³-hybridized carbons (Fsp3) is 0.714. The largest absolute Gasteiger partial charge is 0.462 e. The molecule has 98 valence electrons. The lowest BCUT2D eigenvalue weighted by molar-refractivity contribution is 0.102. The summed E-state index contributed by atoms with van der Waals surface area (Å²) in [6.45, 7) is 8.65. The van der Waals surface area contributed by atoms with Crippen LogP contribution in [0.3, 0.4) is 0 Å². The quantitative estimate of drug-likeness (QED) is 0.670. The maximum atomic E-state index is 5.65. The standard InChI is InChI=1S/C14H25NO2/c1-4-5-6-9-16-11-14-8-7-13(17-14)10-15-12(2)3/h7-8,12,15H,4-6,9-11H2,1-3H3. The molecule has 0 aliphatic rings. The fourth-order valence-corrected chi connectivity index (χ4v) is 1.53. The highest BCUT2D eigenvalue weighted by molar-refractivity contribution is 5.06. The van der Waals surface area contributed by atoms with Gasteiger partial charge in [-0.1, -0.05) is 33.6 Å². The van der Waals surface area contributed by atoms with E-state index in [9.17, 15) is 0 Å². The van der Waals surface area contributed by atoms with Gasteiger partial charge in [-0.05, 0) is 18.6 Å². The molecule has 3 nitrogen and oxygen atoms in total. The monoisotopic (exact) mass is 239 g/mol. The molecule has 0 aliphatic carbocycles. The van der Waals surface area contributed by atoms with Crippen molar-refractivity contribution in [3.8, 4) is 0 Å². The van der Waals surface area contributed by atoms with E-state index in [-0.39, 0.29) is 0 Å². The molecule has 0 saturated carbocycles. The summed E-state index contributed by atoms with van der Waals surface area (Å²) in [6, 6.07) is 4.49. The SMILES string of the molecule is CCCCCOCc1ccc(CNC(C)C)o1. The van der Waals surface area contributed by atoms with Crippen LogP contribution in [0.25, 0.3) is 0 Å². The molecule has 0 saturated heterocycles. The Balaban J connectivity index is 2.17. The molecule has 0 aliphatic heterocycles. The van der Waals surface area contributed by atoms with Gasteiger partial charge in [0.1, 0.15) is 18.1 Å². The summed E-state index contributed by atoms with van der Waals surface area (Å²) in [4.78, 5) is 0. The third-order valence-corrected chi connectivity index (χ3v) is 2.54. The molecular weight excluding hydrogens is 214 g/mol. The molecule has 1 rings (SSSR count). The van der Waals surface area contributed by atoms with E-state index in [0.29, 0.717) is 12.6 Å². The van der Waals surface area contributed by atoms with Gasteiger partial charge in [0, 0.05) is 12.6 Å². The van der Waals surface area contributed by atoms with Gasteiger partial charge in [-0.15, -0.1) is 0 Å². The molecule has 1 aromatic rings. The number of rotatable bonds is 9. The molecule has 1 N–H and O–H groups in total. The average molecular weight is 239 g/mol. The molecule has 0 amide bonds. The van der Waals surface area contributed by atoms with Crippen LogP contribution in [0.15, 0.2) is 16.5 Å². The summed E-state index contributed by atoms with van der Waals surface area (Å²) in [5.74, 6) is 1.90. The molecule has 0 spiro atoms. The van der Waals surface area contributed by atoms with Gasteiger partial charge in [-0.3, -0.25) is 0 Å². The lowest BCUT2D eigenvalue weighted by atomic mass is 10.3. The van der Waals surface area contributed by atoms with E-state index < -0.39 is 0 Å². The predicted molar refractivity (Wildman–Crippen MR) is 69.9 cm³/mol. The van der Waals surface area contributed by atoms with Crippen LogP contribution in [0.2, 0.25) is 0 Å². The predicted octanol–water partition coefficient (Wildman–Crippen LogP) is 3.48. The van der Waals surface area contributed by atoms with Gasteiger partial charge in [0.25, 0.3) is 0 Å². The zero-order chi connectivity index (χ0) is 12.5. The van der Waals surface area contributed by atoms with Gasteiger partial charge in [-0.2, -0.15) is 0 Å². The molecule has 1 aromatic heterocycles. The summed E-state index contributed by atoms with van der Waals surface area (Å²) < 4.78 is 11.2. The maximum absolute atomic E-state index is 5.65. The summed E-state index contributed by atoms with van der Waals surface area (Å²) in [7, 11) is 0. The Morgan fingerprint density at radius 3 is 2.71 bits per heavy atom. The Kier molecular flexibility index (Phi) is 6.97. The molecule has 0 atom stereocenters. The minimum Gasteiger partial charge on any atom is -0.462 e. The Labute approximate surface area is 105 Å². The second kappa shape index (κ2) is 8.31. The number of hydrogen-bond donors (Lipinski definition) is 1. The van der Waals surface area contributed by atoms with Crippen LogP contribution in [-0.4, -0.2) is 12.6 Å². The van der Waals surface area contributed by atoms with Crippen LogP contribution < -0.4 is 5.32 Å². The Hall–Kier alpha value is -0.800. The van der Waals surface area contributed by atoms with Crippen LogP contribution in [0.1, 0.15) is 51.6 Å². The van der Waals surface area contributed by atoms with Crippen molar-refractivity contribution in [2.24, 2.45) is 0 Å². The summed E-state index contributed by atoms with van der Waals surface area (Å²) in [5, 5.41) is 3.32. The maximum Gasteiger partial charge on any atom is 0.129 e. The van der Waals surface area contributed by atoms with Crippen molar-refractivity contribution in [1.29, 1.82) is 0 Å². The molecule has 1 heterocycles. The van der Waals surface area contributed by atoms with E-state index in [0.717, 1.165) is 31.1 Å². The van der Waals surface area contributed by atoms with Crippen LogP contribution >= 0.6 is 0 Å². The second-order valence-electron chi connectivity index (χ2n) is 4.66. The number of ether oxygens (including phenoxy) is 1.